The molecule has 6 heteroatoms. The second-order valence-electron chi connectivity index (χ2n) is 9.23. The average molecular weight is 495 g/mol. The quantitative estimate of drug-likeness (QED) is 0.217. The zero-order valence-electron chi connectivity index (χ0n) is 19.8. The van der Waals surface area contributed by atoms with E-state index in [0.29, 0.717) is 61.1 Å². The number of fused-ring (bicyclic) bond motifs is 6. The summed E-state index contributed by atoms with van der Waals surface area (Å²) < 4.78 is 18.6. The van der Waals surface area contributed by atoms with E-state index in [9.17, 15) is 9.59 Å². The minimum atomic E-state index is -0.198. The van der Waals surface area contributed by atoms with Gasteiger partial charge in [0.1, 0.15) is 16.7 Å². The van der Waals surface area contributed by atoms with Gasteiger partial charge in [-0.3, -0.25) is 14.5 Å². The molecular weight excluding hydrogens is 478 g/mol. The highest BCUT2D eigenvalue weighted by molar-refractivity contribution is 6.04. The van der Waals surface area contributed by atoms with E-state index in [1.165, 1.54) is 0 Å². The first-order valence-corrected chi connectivity index (χ1v) is 12.2. The molecule has 180 valence electrons. The van der Waals surface area contributed by atoms with Crippen molar-refractivity contribution in [1.29, 1.82) is 0 Å². The van der Waals surface area contributed by atoms with Gasteiger partial charge in [0.2, 0.25) is 10.9 Å². The molecule has 0 aliphatic carbocycles. The molecule has 1 aliphatic heterocycles. The van der Waals surface area contributed by atoms with Gasteiger partial charge in [0.25, 0.3) is 0 Å². The summed E-state index contributed by atoms with van der Waals surface area (Å²) in [7, 11) is 0. The Balaban J connectivity index is 1.46. The van der Waals surface area contributed by atoms with Crippen LogP contribution in [0.1, 0.15) is 0 Å². The van der Waals surface area contributed by atoms with Crippen LogP contribution in [0.5, 0.6) is 11.5 Å². The average Bonchev–Trinajstić information content (AvgIpc) is 2.96. The highest BCUT2D eigenvalue weighted by atomic mass is 16.5. The molecule has 0 fully saturated rings. The Morgan fingerprint density at radius 3 is 1.76 bits per heavy atom. The van der Waals surface area contributed by atoms with Gasteiger partial charge in [0, 0.05) is 0 Å². The third kappa shape index (κ3) is 2.82. The van der Waals surface area contributed by atoms with Crippen molar-refractivity contribution in [3.63, 3.8) is 0 Å². The first-order chi connectivity index (χ1) is 18.7. The minimum absolute atomic E-state index is 0.171. The molecule has 2 aromatic heterocycles. The van der Waals surface area contributed by atoms with Gasteiger partial charge in [-0.2, -0.15) is 0 Å². The molecule has 0 atom stereocenters. The molecule has 38 heavy (non-hydrogen) atoms. The maximum Gasteiger partial charge on any atom is 0.200 e. The predicted molar refractivity (Wildman–Crippen MR) is 148 cm³/mol. The van der Waals surface area contributed by atoms with Crippen LogP contribution >= 0.6 is 0 Å². The van der Waals surface area contributed by atoms with Crippen molar-refractivity contribution in [2.45, 2.75) is 0 Å². The lowest BCUT2D eigenvalue weighted by atomic mass is 10.1. The van der Waals surface area contributed by atoms with E-state index in [1.807, 2.05) is 71.6 Å². The highest BCUT2D eigenvalue weighted by Crippen LogP contribution is 2.51. The van der Waals surface area contributed by atoms with Gasteiger partial charge in [-0.1, -0.05) is 42.5 Å². The SMILES string of the molecule is O=c1c2ccccc2oc2cc3c(=O)c4cccc(N5c6ccccc6Oc6ccccc65)c4oc3cc12. The number of nitrogens with zero attached hydrogens (tertiary/aromatic N) is 1. The first kappa shape index (κ1) is 20.8. The van der Waals surface area contributed by atoms with Crippen LogP contribution in [0, 0.1) is 0 Å². The third-order valence-electron chi connectivity index (χ3n) is 7.05. The lowest BCUT2D eigenvalue weighted by Crippen LogP contribution is -2.16. The van der Waals surface area contributed by atoms with E-state index in [2.05, 4.69) is 0 Å². The molecule has 0 spiro atoms. The zero-order valence-corrected chi connectivity index (χ0v) is 19.8. The molecule has 0 amide bonds. The maximum atomic E-state index is 13.8. The Bertz CT molecular complexity index is 2180. The Labute approximate surface area is 214 Å². The van der Waals surface area contributed by atoms with Crippen molar-refractivity contribution in [2.24, 2.45) is 0 Å². The Morgan fingerprint density at radius 1 is 0.474 bits per heavy atom. The van der Waals surface area contributed by atoms with E-state index < -0.39 is 0 Å². The van der Waals surface area contributed by atoms with Crippen molar-refractivity contribution in [2.75, 3.05) is 4.90 Å². The van der Waals surface area contributed by atoms with E-state index >= 15 is 0 Å². The van der Waals surface area contributed by atoms with E-state index in [-0.39, 0.29) is 10.9 Å². The monoisotopic (exact) mass is 495 g/mol. The number of rotatable bonds is 1. The van der Waals surface area contributed by atoms with E-state index in [1.54, 1.807) is 36.4 Å². The molecule has 0 radical (unpaired) electrons. The molecule has 6 nitrogen and oxygen atoms in total. The van der Waals surface area contributed by atoms with Gasteiger partial charge in [-0.25, -0.2) is 0 Å². The molecular formula is C32H17NO5. The third-order valence-corrected chi connectivity index (χ3v) is 7.05. The van der Waals surface area contributed by atoms with E-state index in [4.69, 9.17) is 13.6 Å². The minimum Gasteiger partial charge on any atom is -0.456 e. The number of anilines is 3. The fourth-order valence-corrected chi connectivity index (χ4v) is 5.30. The molecule has 0 saturated heterocycles. The smallest absolute Gasteiger partial charge is 0.200 e. The molecule has 7 aromatic rings. The van der Waals surface area contributed by atoms with Crippen LogP contribution in [-0.2, 0) is 0 Å². The second-order valence-corrected chi connectivity index (χ2v) is 9.23. The number of ether oxygens (including phenoxy) is 1. The molecule has 0 N–H and O–H groups in total. The van der Waals surface area contributed by atoms with Crippen molar-refractivity contribution >= 4 is 60.9 Å². The summed E-state index contributed by atoms with van der Waals surface area (Å²) in [6.07, 6.45) is 0. The van der Waals surface area contributed by atoms with Gasteiger partial charge < -0.3 is 13.6 Å². The molecule has 0 saturated carbocycles. The first-order valence-electron chi connectivity index (χ1n) is 12.2. The Morgan fingerprint density at radius 2 is 1.03 bits per heavy atom. The van der Waals surface area contributed by atoms with Gasteiger partial charge >= 0.3 is 0 Å². The lowest BCUT2D eigenvalue weighted by Gasteiger charge is -2.32. The van der Waals surface area contributed by atoms with Gasteiger partial charge in [0.05, 0.1) is 38.6 Å². The summed E-state index contributed by atoms with van der Waals surface area (Å²) in [4.78, 5) is 29.1. The summed E-state index contributed by atoms with van der Waals surface area (Å²) in [5.74, 6) is 1.39. The van der Waals surface area contributed by atoms with Crippen LogP contribution in [0.2, 0.25) is 0 Å². The Kier molecular flexibility index (Phi) is 4.14. The fraction of sp³-hybridized carbons (Fsp3) is 0. The summed E-state index contributed by atoms with van der Waals surface area (Å²) in [6.45, 7) is 0. The van der Waals surface area contributed by atoms with Crippen LogP contribution in [0.4, 0.5) is 17.1 Å². The zero-order chi connectivity index (χ0) is 25.4. The molecule has 8 rings (SSSR count). The van der Waals surface area contributed by atoms with Crippen molar-refractivity contribution in [3.8, 4) is 11.5 Å². The molecule has 0 bridgehead atoms. The number of para-hydroxylation sites is 6. The maximum absolute atomic E-state index is 13.8. The fourth-order valence-electron chi connectivity index (χ4n) is 5.30. The van der Waals surface area contributed by atoms with Gasteiger partial charge in [0.15, 0.2) is 17.1 Å². The Hall–Kier alpha value is -5.36. The van der Waals surface area contributed by atoms with Crippen LogP contribution in [0.25, 0.3) is 43.9 Å². The number of hydrogen-bond donors (Lipinski definition) is 0. The number of hydrogen-bond acceptors (Lipinski definition) is 6. The molecule has 1 aliphatic rings. The van der Waals surface area contributed by atoms with Crippen molar-refractivity contribution in [3.05, 3.63) is 124 Å². The molecule has 3 heterocycles. The normalized spacial score (nSPS) is 12.6. The van der Waals surface area contributed by atoms with Gasteiger partial charge in [-0.05, 0) is 60.7 Å². The van der Waals surface area contributed by atoms with Crippen LogP contribution < -0.4 is 20.5 Å². The summed E-state index contributed by atoms with van der Waals surface area (Å²) in [5.41, 5.74) is 3.53. The predicted octanol–water partition coefficient (Wildman–Crippen LogP) is 7.78. The largest absolute Gasteiger partial charge is 0.456 e. The summed E-state index contributed by atoms with van der Waals surface area (Å²) >= 11 is 0. The summed E-state index contributed by atoms with van der Waals surface area (Å²) in [5, 5.41) is 1.62. The number of benzene rings is 5. The van der Waals surface area contributed by atoms with Crippen LogP contribution in [0.15, 0.2) is 122 Å². The van der Waals surface area contributed by atoms with Crippen LogP contribution in [-0.4, -0.2) is 0 Å². The second kappa shape index (κ2) is 7.57. The topological polar surface area (TPSA) is 72.9 Å². The van der Waals surface area contributed by atoms with Gasteiger partial charge in [-0.15, -0.1) is 0 Å². The van der Waals surface area contributed by atoms with E-state index in [0.717, 1.165) is 11.4 Å². The summed E-state index contributed by atoms with van der Waals surface area (Å²) in [6, 6.07) is 31.3. The molecule has 0 unspecified atom stereocenters. The lowest BCUT2D eigenvalue weighted by molar-refractivity contribution is 0.477. The highest BCUT2D eigenvalue weighted by Gasteiger charge is 2.28. The van der Waals surface area contributed by atoms with Crippen LogP contribution in [0.3, 0.4) is 0 Å². The standard InChI is InChI=1S/C32H17NO5/c34-30-18-8-1-4-13-25(18)36-28-16-21-29(17-20(28)30)38-32-19(31(21)35)9-7-12-24(32)33-22-10-2-5-14-26(22)37-27-15-6-3-11-23(27)33/h1-17H. The van der Waals surface area contributed by atoms with Crippen molar-refractivity contribution in [1.82, 2.24) is 0 Å². The molecule has 5 aromatic carbocycles. The van der Waals surface area contributed by atoms with Crippen molar-refractivity contribution < 1.29 is 13.6 Å².